The summed E-state index contributed by atoms with van der Waals surface area (Å²) in [6.07, 6.45) is 0. The molecule has 3 N–H and O–H groups in total. The molecule has 0 fully saturated rings. The summed E-state index contributed by atoms with van der Waals surface area (Å²) in [5, 5.41) is 4.72. The van der Waals surface area contributed by atoms with Crippen molar-refractivity contribution in [2.75, 3.05) is 4.72 Å². The smallest absolute Gasteiger partial charge is 0.255 e. The molecule has 0 aliphatic rings. The fourth-order valence-corrected chi connectivity index (χ4v) is 1.36. The van der Waals surface area contributed by atoms with Gasteiger partial charge in [-0.05, 0) is 28.1 Å². The highest BCUT2D eigenvalue weighted by Gasteiger charge is 2.02. The number of halogens is 1. The van der Waals surface area contributed by atoms with E-state index in [4.69, 9.17) is 5.14 Å². The lowest BCUT2D eigenvalue weighted by Crippen LogP contribution is -2.22. The second kappa shape index (κ2) is 3.38. The van der Waals surface area contributed by atoms with Gasteiger partial charge in [-0.15, -0.1) is 0 Å². The minimum Gasteiger partial charge on any atom is -0.255 e. The second-order valence-corrected chi connectivity index (χ2v) is 4.10. The number of aromatic nitrogens is 1. The third kappa shape index (κ3) is 3.16. The molecule has 7 heteroatoms. The largest absolute Gasteiger partial charge is 0.297 e. The Morgan fingerprint density at radius 2 is 2.17 bits per heavy atom. The van der Waals surface area contributed by atoms with Gasteiger partial charge in [-0.3, -0.25) is 4.72 Å². The van der Waals surface area contributed by atoms with E-state index in [1.54, 1.807) is 12.1 Å². The Hall–Kier alpha value is -0.660. The van der Waals surface area contributed by atoms with Crippen molar-refractivity contribution >= 4 is 32.0 Å². The van der Waals surface area contributed by atoms with Crippen molar-refractivity contribution in [3.05, 3.63) is 22.8 Å². The van der Waals surface area contributed by atoms with Gasteiger partial charge in [0.25, 0.3) is 10.2 Å². The number of rotatable bonds is 2. The Morgan fingerprint density at radius 3 is 2.67 bits per heavy atom. The van der Waals surface area contributed by atoms with Gasteiger partial charge < -0.3 is 0 Å². The molecule has 0 saturated heterocycles. The van der Waals surface area contributed by atoms with Gasteiger partial charge in [-0.2, -0.15) is 8.42 Å². The Labute approximate surface area is 78.3 Å². The zero-order valence-electron chi connectivity index (χ0n) is 5.86. The highest BCUT2D eigenvalue weighted by Crippen LogP contribution is 2.10. The van der Waals surface area contributed by atoms with Crippen molar-refractivity contribution in [1.29, 1.82) is 0 Å². The molecule has 1 aromatic rings. The van der Waals surface area contributed by atoms with Crippen LogP contribution in [0.4, 0.5) is 5.82 Å². The zero-order valence-corrected chi connectivity index (χ0v) is 8.26. The number of nitrogens with two attached hydrogens (primary N) is 1. The molecule has 0 bridgehead atoms. The highest BCUT2D eigenvalue weighted by atomic mass is 79.9. The van der Waals surface area contributed by atoms with E-state index in [-0.39, 0.29) is 5.82 Å². The van der Waals surface area contributed by atoms with Crippen molar-refractivity contribution in [2.24, 2.45) is 5.14 Å². The van der Waals surface area contributed by atoms with E-state index in [0.717, 1.165) is 0 Å². The Balaban J connectivity index is 2.91. The first-order valence-corrected chi connectivity index (χ1v) is 5.24. The van der Waals surface area contributed by atoms with E-state index in [1.165, 1.54) is 6.07 Å². The summed E-state index contributed by atoms with van der Waals surface area (Å²) in [7, 11) is -3.73. The molecule has 5 nitrogen and oxygen atoms in total. The lowest BCUT2D eigenvalue weighted by Gasteiger charge is -2.01. The van der Waals surface area contributed by atoms with Crippen LogP contribution in [-0.2, 0) is 10.2 Å². The van der Waals surface area contributed by atoms with Gasteiger partial charge in [0.15, 0.2) is 0 Å². The molecule has 0 saturated carbocycles. The second-order valence-electron chi connectivity index (χ2n) is 1.99. The van der Waals surface area contributed by atoms with Gasteiger partial charge in [-0.25, -0.2) is 10.1 Å². The molecule has 0 atom stereocenters. The van der Waals surface area contributed by atoms with Crippen LogP contribution in [0.15, 0.2) is 22.8 Å². The first kappa shape index (κ1) is 9.43. The molecule has 0 spiro atoms. The molecule has 0 aromatic carbocycles. The normalized spacial score (nSPS) is 11.2. The van der Waals surface area contributed by atoms with E-state index in [9.17, 15) is 8.42 Å². The molecule has 1 heterocycles. The maximum atomic E-state index is 10.5. The van der Waals surface area contributed by atoms with E-state index in [0.29, 0.717) is 4.60 Å². The number of hydrogen-bond donors (Lipinski definition) is 2. The van der Waals surface area contributed by atoms with Gasteiger partial charge in [-0.1, -0.05) is 6.07 Å². The molecule has 0 radical (unpaired) electrons. The highest BCUT2D eigenvalue weighted by molar-refractivity contribution is 9.10. The van der Waals surface area contributed by atoms with Crippen molar-refractivity contribution in [2.45, 2.75) is 0 Å². The zero-order chi connectivity index (χ0) is 9.19. The number of nitrogens with one attached hydrogen (secondary N) is 1. The third-order valence-corrected chi connectivity index (χ3v) is 1.90. The fraction of sp³-hybridized carbons (Fsp3) is 0. The van der Waals surface area contributed by atoms with Crippen LogP contribution in [0, 0.1) is 0 Å². The fourth-order valence-electron chi connectivity index (χ4n) is 0.611. The average molecular weight is 252 g/mol. The van der Waals surface area contributed by atoms with E-state index in [2.05, 4.69) is 20.9 Å². The summed E-state index contributed by atoms with van der Waals surface area (Å²) < 4.78 is 23.6. The van der Waals surface area contributed by atoms with E-state index in [1.807, 2.05) is 4.72 Å². The van der Waals surface area contributed by atoms with E-state index < -0.39 is 10.2 Å². The van der Waals surface area contributed by atoms with Gasteiger partial charge in [0.1, 0.15) is 10.4 Å². The van der Waals surface area contributed by atoms with Crippen LogP contribution in [0.2, 0.25) is 0 Å². The van der Waals surface area contributed by atoms with Crippen LogP contribution >= 0.6 is 15.9 Å². The summed E-state index contributed by atoms with van der Waals surface area (Å²) in [5.74, 6) is 0.187. The minimum atomic E-state index is -3.73. The molecule has 0 aliphatic carbocycles. The van der Waals surface area contributed by atoms with E-state index >= 15 is 0 Å². The number of anilines is 1. The van der Waals surface area contributed by atoms with Crippen LogP contribution in [0.5, 0.6) is 0 Å². The monoisotopic (exact) mass is 251 g/mol. The van der Waals surface area contributed by atoms with Gasteiger partial charge in [0, 0.05) is 0 Å². The van der Waals surface area contributed by atoms with Gasteiger partial charge >= 0.3 is 0 Å². The summed E-state index contributed by atoms with van der Waals surface area (Å²) in [4.78, 5) is 3.80. The van der Waals surface area contributed by atoms with Crippen LogP contribution in [0.25, 0.3) is 0 Å². The first-order chi connectivity index (χ1) is 5.47. The van der Waals surface area contributed by atoms with Crippen LogP contribution < -0.4 is 9.86 Å². The molecule has 12 heavy (non-hydrogen) atoms. The predicted octanol–water partition coefficient (Wildman–Crippen LogP) is 0.459. The van der Waals surface area contributed by atoms with Crippen LogP contribution in [0.3, 0.4) is 0 Å². The van der Waals surface area contributed by atoms with Crippen molar-refractivity contribution in [1.82, 2.24) is 4.98 Å². The molecule has 66 valence electrons. The summed E-state index contributed by atoms with van der Waals surface area (Å²) in [5.41, 5.74) is 0. The number of pyridine rings is 1. The quantitative estimate of drug-likeness (QED) is 0.750. The Morgan fingerprint density at radius 1 is 1.50 bits per heavy atom. The van der Waals surface area contributed by atoms with Crippen molar-refractivity contribution in [3.63, 3.8) is 0 Å². The lowest BCUT2D eigenvalue weighted by molar-refractivity contribution is 0.602. The first-order valence-electron chi connectivity index (χ1n) is 2.90. The number of nitrogens with zero attached hydrogens (tertiary/aromatic N) is 1. The van der Waals surface area contributed by atoms with Crippen LogP contribution in [0.1, 0.15) is 0 Å². The third-order valence-electron chi connectivity index (χ3n) is 0.962. The summed E-state index contributed by atoms with van der Waals surface area (Å²) in [6, 6.07) is 4.81. The maximum absolute atomic E-state index is 10.5. The van der Waals surface area contributed by atoms with Crippen molar-refractivity contribution < 1.29 is 8.42 Å². The minimum absolute atomic E-state index is 0.187. The molecule has 0 unspecified atom stereocenters. The maximum Gasteiger partial charge on any atom is 0.297 e. The van der Waals surface area contributed by atoms with Gasteiger partial charge in [0.05, 0.1) is 0 Å². The lowest BCUT2D eigenvalue weighted by atomic mass is 10.5. The standard InChI is InChI=1S/C5H6BrN3O2S/c6-4-2-1-3-5(8-4)9-12(7,10)11/h1-3H,(H,8,9)(H2,7,10,11). The molecule has 1 rings (SSSR count). The molecule has 0 aliphatic heterocycles. The molecular formula is C5H6BrN3O2S. The Bertz CT molecular complexity index is 378. The average Bonchev–Trinajstić information content (AvgIpc) is 1.82. The summed E-state index contributed by atoms with van der Waals surface area (Å²) >= 11 is 3.08. The molecule has 0 amide bonds. The predicted molar refractivity (Wildman–Crippen MR) is 48.7 cm³/mol. The van der Waals surface area contributed by atoms with Gasteiger partial charge in [0.2, 0.25) is 0 Å². The summed E-state index contributed by atoms with van der Waals surface area (Å²) in [6.45, 7) is 0. The molecular weight excluding hydrogens is 246 g/mol. The Kier molecular flexibility index (Phi) is 2.65. The molecule has 1 aromatic heterocycles. The van der Waals surface area contributed by atoms with Crippen molar-refractivity contribution in [3.8, 4) is 0 Å². The topological polar surface area (TPSA) is 85.1 Å². The van der Waals surface area contributed by atoms with Crippen LogP contribution in [-0.4, -0.2) is 13.4 Å². The SMILES string of the molecule is NS(=O)(=O)Nc1cccc(Br)n1. The number of hydrogen-bond acceptors (Lipinski definition) is 3.